The van der Waals surface area contributed by atoms with Crippen LogP contribution in [0.15, 0.2) is 24.0 Å². The Hall–Kier alpha value is -4.20. The smallest absolute Gasteiger partial charge is 0.289 e. The number of ether oxygens (including phenoxy) is 5. The van der Waals surface area contributed by atoms with Crippen LogP contribution in [0.1, 0.15) is 42.4 Å². The van der Waals surface area contributed by atoms with Crippen molar-refractivity contribution in [3.05, 3.63) is 35.4 Å². The molecule has 0 aliphatic carbocycles. The molecule has 314 valence electrons. The lowest BCUT2D eigenvalue weighted by Gasteiger charge is -2.39. The lowest BCUT2D eigenvalue weighted by atomic mass is 9.98. The molecule has 0 spiro atoms. The number of aliphatic hydroxyl groups excluding tert-OH is 4. The summed E-state index contributed by atoms with van der Waals surface area (Å²) in [6.07, 6.45) is -4.64. The van der Waals surface area contributed by atoms with E-state index in [1.54, 1.807) is 24.3 Å². The molecule has 1 saturated heterocycles. The molecule has 6 atom stereocenters. The largest absolute Gasteiger partial charge is 0.508 e. The van der Waals surface area contributed by atoms with Gasteiger partial charge >= 0.3 is 0 Å². The number of rotatable bonds is 23. The third-order valence-corrected chi connectivity index (χ3v) is 8.82. The topological polar surface area (TPSA) is 310 Å². The number of nitrogens with two attached hydrogens (primary N) is 1. The van der Waals surface area contributed by atoms with Crippen LogP contribution >= 0.6 is 0 Å². The number of aromatic hydroxyl groups is 2. The Bertz CT molecular complexity index is 1590. The van der Waals surface area contributed by atoms with Gasteiger partial charge in [0.2, 0.25) is 11.7 Å². The summed E-state index contributed by atoms with van der Waals surface area (Å²) in [4.78, 5) is 25.4. The molecule has 2 aromatic rings. The molecule has 4 rings (SSSR count). The van der Waals surface area contributed by atoms with Crippen LogP contribution in [-0.4, -0.2) is 171 Å². The summed E-state index contributed by atoms with van der Waals surface area (Å²) < 4.78 is 28.5. The lowest BCUT2D eigenvalue weighted by Crippen LogP contribution is -2.59. The Labute approximate surface area is 323 Å². The fraction of sp³-hybridized carbons (Fsp3) is 0.647. The van der Waals surface area contributed by atoms with E-state index in [9.17, 15) is 40.2 Å². The van der Waals surface area contributed by atoms with Crippen molar-refractivity contribution in [3.8, 4) is 22.9 Å². The number of aromatic nitrogens is 3. The molecule has 2 aliphatic rings. The molecular weight excluding hydrogens is 742 g/mol. The number of carbonyl (C=O) groups excluding carboxylic acids is 2. The summed E-state index contributed by atoms with van der Waals surface area (Å²) in [5, 5.41) is 74.4. The third kappa shape index (κ3) is 12.4. The second-order valence-corrected chi connectivity index (χ2v) is 13.3. The first-order chi connectivity index (χ1) is 26.8. The van der Waals surface area contributed by atoms with Crippen LogP contribution < -0.4 is 27.3 Å². The highest BCUT2D eigenvalue weighted by Crippen LogP contribution is 2.37. The van der Waals surface area contributed by atoms with Crippen LogP contribution in [0.25, 0.3) is 11.4 Å². The second kappa shape index (κ2) is 21.9. The monoisotopic (exact) mass is 797 g/mol. The van der Waals surface area contributed by atoms with E-state index in [2.05, 4.69) is 31.8 Å². The van der Waals surface area contributed by atoms with Gasteiger partial charge in [0.05, 0.1) is 71.0 Å². The van der Waals surface area contributed by atoms with E-state index in [0.29, 0.717) is 49.8 Å². The van der Waals surface area contributed by atoms with Crippen LogP contribution in [0.5, 0.6) is 11.5 Å². The summed E-state index contributed by atoms with van der Waals surface area (Å²) in [5.41, 5.74) is 13.6. The van der Waals surface area contributed by atoms with Gasteiger partial charge in [-0.1, -0.05) is 13.8 Å². The van der Waals surface area contributed by atoms with Crippen LogP contribution in [0.3, 0.4) is 0 Å². The highest BCUT2D eigenvalue weighted by molar-refractivity contribution is 5.91. The zero-order chi connectivity index (χ0) is 40.8. The molecule has 5 unspecified atom stereocenters. The molecule has 0 bridgehead atoms. The number of benzene rings is 1. The number of aliphatic hydroxyl groups is 4. The van der Waals surface area contributed by atoms with Gasteiger partial charge in [0.25, 0.3) is 5.91 Å². The lowest BCUT2D eigenvalue weighted by molar-refractivity contribution is -0.302. The Morgan fingerprint density at radius 1 is 0.929 bits per heavy atom. The Morgan fingerprint density at radius 3 is 2.27 bits per heavy atom. The number of amides is 2. The molecule has 0 radical (unpaired) electrons. The van der Waals surface area contributed by atoms with Crippen LogP contribution in [-0.2, 0) is 35.5 Å². The van der Waals surface area contributed by atoms with Crippen LogP contribution in [0.2, 0.25) is 0 Å². The molecule has 22 nitrogen and oxygen atoms in total. The van der Waals surface area contributed by atoms with E-state index in [1.807, 2.05) is 13.8 Å². The van der Waals surface area contributed by atoms with Crippen molar-refractivity contribution in [1.82, 2.24) is 41.4 Å². The standard InChI is InChI=1S/C34H55N9O13/c1-19(2)21-15-22(25(46)16-24(21)45)30-39-40-31(42(30)3)33(51)37-5-4-36-32(50)23(35)14-20-17-43(41-38-20)6-7-52-8-9-53-10-11-54-12-13-55-34-29(49)28(48)27(47)26(18-44)56-34/h15-17,19,23,26-29,34,38,41,44-49H,4-14,18,35H2,1-3H3,(H,36,50)(H,37,51)/t23-,26?,27?,28?,29?,34?/m0/s1. The van der Waals surface area contributed by atoms with Crippen molar-refractivity contribution in [2.24, 2.45) is 12.8 Å². The number of nitrogens with one attached hydrogen (secondary N) is 4. The number of phenols is 2. The van der Waals surface area contributed by atoms with E-state index >= 15 is 0 Å². The van der Waals surface area contributed by atoms with Gasteiger partial charge in [-0.2, -0.15) is 0 Å². The van der Waals surface area contributed by atoms with Gasteiger partial charge in [0, 0.05) is 44.5 Å². The zero-order valence-electron chi connectivity index (χ0n) is 31.7. The summed E-state index contributed by atoms with van der Waals surface area (Å²) in [7, 11) is 1.58. The maximum absolute atomic E-state index is 12.8. The maximum Gasteiger partial charge on any atom is 0.289 e. The number of hydrogen-bond donors (Lipinski definition) is 11. The number of phenolic OH excluding ortho intramolecular Hbond substituents is 2. The molecule has 0 saturated carbocycles. The first-order valence-electron chi connectivity index (χ1n) is 18.2. The first kappa shape index (κ1) is 44.5. The van der Waals surface area contributed by atoms with E-state index in [0.717, 1.165) is 0 Å². The number of nitrogens with zero attached hydrogens (tertiary/aromatic N) is 4. The number of carbonyl (C=O) groups is 2. The van der Waals surface area contributed by atoms with Crippen molar-refractivity contribution in [2.45, 2.75) is 62.9 Å². The molecular formula is C34H55N9O13. The van der Waals surface area contributed by atoms with Crippen molar-refractivity contribution >= 4 is 11.8 Å². The molecule has 2 amide bonds. The van der Waals surface area contributed by atoms with E-state index in [1.165, 1.54) is 10.6 Å². The quantitative estimate of drug-likeness (QED) is 0.0489. The highest BCUT2D eigenvalue weighted by atomic mass is 16.7. The van der Waals surface area contributed by atoms with Crippen molar-refractivity contribution in [3.63, 3.8) is 0 Å². The van der Waals surface area contributed by atoms with E-state index < -0.39 is 55.2 Å². The normalized spacial score (nSPS) is 21.6. The zero-order valence-corrected chi connectivity index (χ0v) is 31.7. The molecule has 12 N–H and O–H groups in total. The summed E-state index contributed by atoms with van der Waals surface area (Å²) in [6.45, 7) is 5.88. The van der Waals surface area contributed by atoms with Gasteiger partial charge in [-0.15, -0.1) is 15.7 Å². The average molecular weight is 798 g/mol. The van der Waals surface area contributed by atoms with Gasteiger partial charge in [0.15, 0.2) is 12.1 Å². The first-order valence-corrected chi connectivity index (χ1v) is 18.2. The van der Waals surface area contributed by atoms with Gasteiger partial charge in [-0.05, 0) is 17.5 Å². The van der Waals surface area contributed by atoms with Gasteiger partial charge in [-0.25, -0.2) is 0 Å². The van der Waals surface area contributed by atoms with Gasteiger partial charge in [0.1, 0.15) is 35.9 Å². The summed E-state index contributed by atoms with van der Waals surface area (Å²) in [6, 6.07) is 2.00. The van der Waals surface area contributed by atoms with Crippen molar-refractivity contribution < 1.29 is 63.9 Å². The number of hydrazine groups is 2. The fourth-order valence-electron chi connectivity index (χ4n) is 5.65. The summed E-state index contributed by atoms with van der Waals surface area (Å²) in [5.74, 6) is -0.942. The predicted octanol–water partition coefficient (Wildman–Crippen LogP) is -3.39. The minimum atomic E-state index is -1.50. The molecule has 3 heterocycles. The minimum Gasteiger partial charge on any atom is -0.508 e. The molecule has 56 heavy (non-hydrogen) atoms. The Kier molecular flexibility index (Phi) is 17.4. The predicted molar refractivity (Wildman–Crippen MR) is 195 cm³/mol. The summed E-state index contributed by atoms with van der Waals surface area (Å²) >= 11 is 0. The molecule has 2 aliphatic heterocycles. The highest BCUT2D eigenvalue weighted by Gasteiger charge is 2.44. The fourth-order valence-corrected chi connectivity index (χ4v) is 5.65. The Balaban J connectivity index is 1.02. The SMILES string of the molecule is CC(C)c1cc(-c2nnc(C(=O)NCCNC(=O)[C@@H](N)CC3=CN(CCOCCOCCOCCOC4OC(CO)C(O)C(O)C4O)NN3)n2C)c(O)cc1O. The van der Waals surface area contributed by atoms with Gasteiger partial charge in [-0.3, -0.25) is 14.6 Å². The molecule has 1 fully saturated rings. The van der Waals surface area contributed by atoms with Crippen molar-refractivity contribution in [2.75, 3.05) is 72.5 Å². The minimum absolute atomic E-state index is 0.00179. The molecule has 1 aromatic carbocycles. The second-order valence-electron chi connectivity index (χ2n) is 13.3. The molecule has 1 aromatic heterocycles. The molecule has 22 heteroatoms. The third-order valence-electron chi connectivity index (χ3n) is 8.82. The Morgan fingerprint density at radius 2 is 1.59 bits per heavy atom. The van der Waals surface area contributed by atoms with E-state index in [-0.39, 0.29) is 68.4 Å². The van der Waals surface area contributed by atoms with Crippen LogP contribution in [0.4, 0.5) is 0 Å². The number of hydrogen-bond acceptors (Lipinski definition) is 19. The van der Waals surface area contributed by atoms with Crippen LogP contribution in [0, 0.1) is 0 Å². The van der Waals surface area contributed by atoms with E-state index in [4.69, 9.17) is 29.4 Å². The maximum atomic E-state index is 12.8. The van der Waals surface area contributed by atoms with Gasteiger partial charge < -0.3 is 80.7 Å². The van der Waals surface area contributed by atoms with Crippen molar-refractivity contribution in [1.29, 1.82) is 0 Å². The average Bonchev–Trinajstić information content (AvgIpc) is 3.78.